The van der Waals surface area contributed by atoms with E-state index in [1.54, 1.807) is 24.3 Å². The molecule has 0 aromatic heterocycles. The van der Waals surface area contributed by atoms with Crippen LogP contribution in [-0.4, -0.2) is 23.0 Å². The molecule has 2 rings (SSSR count). The molecule has 0 unspecified atom stereocenters. The quantitative estimate of drug-likeness (QED) is 0.384. The van der Waals surface area contributed by atoms with Gasteiger partial charge < -0.3 is 10.9 Å². The van der Waals surface area contributed by atoms with Crippen molar-refractivity contribution < 1.29 is 9.60 Å². The number of hydrogen-bond donors (Lipinski definition) is 2. The third kappa shape index (κ3) is 4.03. The Morgan fingerprint density at radius 3 is 2.43 bits per heavy atom. The van der Waals surface area contributed by atoms with Crippen LogP contribution in [0.5, 0.6) is 0 Å². The third-order valence-corrected chi connectivity index (χ3v) is 3.21. The van der Waals surface area contributed by atoms with Gasteiger partial charge in [-0.1, -0.05) is 47.6 Å². The molecule has 2 aromatic rings. The summed E-state index contributed by atoms with van der Waals surface area (Å²) < 4.78 is 13.6. The molecule has 0 heterocycles. The molecule has 0 atom stereocenters. The highest BCUT2D eigenvalue weighted by molar-refractivity contribution is 5.96. The van der Waals surface area contributed by atoms with Crippen molar-refractivity contribution in [2.45, 2.75) is 13.1 Å². The van der Waals surface area contributed by atoms with Gasteiger partial charge in [-0.2, -0.15) is 0 Å². The smallest absolute Gasteiger partial charge is 0.170 e. The number of hydrogen-bond acceptors (Lipinski definition) is 3. The Kier molecular flexibility index (Phi) is 4.90. The van der Waals surface area contributed by atoms with E-state index >= 15 is 0 Å². The number of halogens is 1. The second-order valence-electron chi connectivity index (χ2n) is 4.95. The van der Waals surface area contributed by atoms with E-state index in [0.29, 0.717) is 24.2 Å². The second kappa shape index (κ2) is 6.85. The highest BCUT2D eigenvalue weighted by atomic mass is 19.1. The Morgan fingerprint density at radius 1 is 1.14 bits per heavy atom. The zero-order valence-corrected chi connectivity index (χ0v) is 11.8. The van der Waals surface area contributed by atoms with Gasteiger partial charge in [0.15, 0.2) is 5.84 Å². The minimum Gasteiger partial charge on any atom is -0.409 e. The van der Waals surface area contributed by atoms with E-state index in [2.05, 4.69) is 5.16 Å². The van der Waals surface area contributed by atoms with E-state index in [9.17, 15) is 4.39 Å². The molecule has 0 bridgehead atoms. The molecule has 0 aliphatic carbocycles. The van der Waals surface area contributed by atoms with Crippen LogP contribution in [-0.2, 0) is 13.1 Å². The summed E-state index contributed by atoms with van der Waals surface area (Å²) in [6.45, 7) is 1.22. The maximum Gasteiger partial charge on any atom is 0.170 e. The van der Waals surface area contributed by atoms with Crippen molar-refractivity contribution in [3.8, 4) is 0 Å². The van der Waals surface area contributed by atoms with Crippen LogP contribution in [0.25, 0.3) is 0 Å². The molecule has 3 N–H and O–H groups in total. The van der Waals surface area contributed by atoms with Gasteiger partial charge in [0, 0.05) is 24.2 Å². The van der Waals surface area contributed by atoms with Gasteiger partial charge in [-0.05, 0) is 18.7 Å². The van der Waals surface area contributed by atoms with E-state index < -0.39 is 0 Å². The molecule has 5 heteroatoms. The molecule has 0 saturated heterocycles. The summed E-state index contributed by atoms with van der Waals surface area (Å²) >= 11 is 0. The third-order valence-electron chi connectivity index (χ3n) is 3.21. The SMILES string of the molecule is CN(Cc1ccc(C(N)=NO)cc1)Cc1ccccc1F. The summed E-state index contributed by atoms with van der Waals surface area (Å²) in [6.07, 6.45) is 0. The zero-order valence-electron chi connectivity index (χ0n) is 11.8. The number of rotatable bonds is 5. The minimum atomic E-state index is -0.188. The van der Waals surface area contributed by atoms with E-state index in [-0.39, 0.29) is 11.7 Å². The van der Waals surface area contributed by atoms with Crippen LogP contribution in [0.3, 0.4) is 0 Å². The number of oxime groups is 1. The van der Waals surface area contributed by atoms with Gasteiger partial charge >= 0.3 is 0 Å². The number of nitrogens with two attached hydrogens (primary N) is 1. The Balaban J connectivity index is 2.00. The molecule has 0 aliphatic heterocycles. The van der Waals surface area contributed by atoms with Crippen molar-refractivity contribution in [1.29, 1.82) is 0 Å². The monoisotopic (exact) mass is 287 g/mol. The van der Waals surface area contributed by atoms with Gasteiger partial charge in [-0.3, -0.25) is 4.90 Å². The van der Waals surface area contributed by atoms with Gasteiger partial charge in [0.2, 0.25) is 0 Å². The summed E-state index contributed by atoms with van der Waals surface area (Å²) in [6, 6.07) is 14.2. The summed E-state index contributed by atoms with van der Waals surface area (Å²) in [5.41, 5.74) is 7.92. The van der Waals surface area contributed by atoms with Gasteiger partial charge in [0.1, 0.15) is 5.82 Å². The molecule has 2 aromatic carbocycles. The minimum absolute atomic E-state index is 0.0845. The Hall–Kier alpha value is -2.40. The first-order valence-electron chi connectivity index (χ1n) is 6.59. The second-order valence-corrected chi connectivity index (χ2v) is 4.95. The fourth-order valence-corrected chi connectivity index (χ4v) is 2.12. The van der Waals surface area contributed by atoms with E-state index in [0.717, 1.165) is 5.56 Å². The van der Waals surface area contributed by atoms with E-state index in [1.165, 1.54) is 6.07 Å². The molecular weight excluding hydrogens is 269 g/mol. The van der Waals surface area contributed by atoms with Crippen molar-refractivity contribution in [3.05, 3.63) is 71.0 Å². The molecule has 110 valence electrons. The molecule has 0 spiro atoms. The molecule has 0 fully saturated rings. The van der Waals surface area contributed by atoms with Crippen molar-refractivity contribution in [3.63, 3.8) is 0 Å². The van der Waals surface area contributed by atoms with Crippen LogP contribution in [0.1, 0.15) is 16.7 Å². The Morgan fingerprint density at radius 2 is 1.81 bits per heavy atom. The fraction of sp³-hybridized carbons (Fsp3) is 0.188. The lowest BCUT2D eigenvalue weighted by Crippen LogP contribution is -2.18. The van der Waals surface area contributed by atoms with Crippen LogP contribution in [0.2, 0.25) is 0 Å². The number of amidine groups is 1. The predicted molar refractivity (Wildman–Crippen MR) is 80.5 cm³/mol. The van der Waals surface area contributed by atoms with Crippen molar-refractivity contribution in [2.24, 2.45) is 10.9 Å². The molecule has 4 nitrogen and oxygen atoms in total. The van der Waals surface area contributed by atoms with Crippen LogP contribution in [0.4, 0.5) is 4.39 Å². The normalized spacial score (nSPS) is 11.9. The highest BCUT2D eigenvalue weighted by Crippen LogP contribution is 2.12. The zero-order chi connectivity index (χ0) is 15.2. The topological polar surface area (TPSA) is 61.8 Å². The summed E-state index contributed by atoms with van der Waals surface area (Å²) in [5, 5.41) is 11.6. The Labute approximate surface area is 123 Å². The van der Waals surface area contributed by atoms with Crippen molar-refractivity contribution in [1.82, 2.24) is 4.90 Å². The standard InChI is InChI=1S/C16H18FN3O/c1-20(11-14-4-2-3-5-15(14)17)10-12-6-8-13(9-7-12)16(18)19-21/h2-9,21H,10-11H2,1H3,(H2,18,19). The Bertz CT molecular complexity index is 626. The van der Waals surface area contributed by atoms with E-state index in [1.807, 2.05) is 30.1 Å². The maximum atomic E-state index is 13.6. The van der Waals surface area contributed by atoms with Crippen LogP contribution in [0, 0.1) is 5.82 Å². The average Bonchev–Trinajstić information content (AvgIpc) is 2.49. The fourth-order valence-electron chi connectivity index (χ4n) is 2.12. The van der Waals surface area contributed by atoms with Crippen molar-refractivity contribution in [2.75, 3.05) is 7.05 Å². The van der Waals surface area contributed by atoms with Gasteiger partial charge in [-0.25, -0.2) is 4.39 Å². The number of benzene rings is 2. The van der Waals surface area contributed by atoms with Gasteiger partial charge in [0.25, 0.3) is 0 Å². The molecule has 0 aliphatic rings. The number of nitrogens with zero attached hydrogens (tertiary/aromatic N) is 2. The predicted octanol–water partition coefficient (Wildman–Crippen LogP) is 2.55. The lowest BCUT2D eigenvalue weighted by atomic mass is 10.1. The highest BCUT2D eigenvalue weighted by Gasteiger charge is 2.06. The van der Waals surface area contributed by atoms with Crippen LogP contribution in [0.15, 0.2) is 53.7 Å². The summed E-state index contributed by atoms with van der Waals surface area (Å²) in [5.74, 6) is -0.104. The first kappa shape index (κ1) is 15.0. The molecular formula is C16H18FN3O. The maximum absolute atomic E-state index is 13.6. The molecule has 0 amide bonds. The van der Waals surface area contributed by atoms with Gasteiger partial charge in [0.05, 0.1) is 0 Å². The molecule has 0 saturated carbocycles. The lowest BCUT2D eigenvalue weighted by molar-refractivity contribution is 0.313. The van der Waals surface area contributed by atoms with Crippen LogP contribution < -0.4 is 5.73 Å². The van der Waals surface area contributed by atoms with E-state index in [4.69, 9.17) is 10.9 Å². The lowest BCUT2D eigenvalue weighted by Gasteiger charge is -2.17. The summed E-state index contributed by atoms with van der Waals surface area (Å²) in [7, 11) is 1.93. The first-order chi connectivity index (χ1) is 10.1. The average molecular weight is 287 g/mol. The molecule has 0 radical (unpaired) electrons. The van der Waals surface area contributed by atoms with Crippen molar-refractivity contribution >= 4 is 5.84 Å². The first-order valence-corrected chi connectivity index (χ1v) is 6.59. The molecule has 21 heavy (non-hydrogen) atoms. The van der Waals surface area contributed by atoms with Crippen LogP contribution >= 0.6 is 0 Å². The van der Waals surface area contributed by atoms with Gasteiger partial charge in [-0.15, -0.1) is 0 Å². The summed E-state index contributed by atoms with van der Waals surface area (Å²) in [4.78, 5) is 2.02. The largest absolute Gasteiger partial charge is 0.409 e.